The number of anilines is 1. The Kier molecular flexibility index (Phi) is 3.01. The maximum absolute atomic E-state index is 12.2. The van der Waals surface area contributed by atoms with Crippen LogP contribution in [0.25, 0.3) is 0 Å². The maximum Gasteiger partial charge on any atom is 0.150 e. The van der Waals surface area contributed by atoms with Gasteiger partial charge in [-0.3, -0.25) is 9.59 Å². The number of hydrogen-bond donors (Lipinski definition) is 1. The highest BCUT2D eigenvalue weighted by molar-refractivity contribution is 6.06. The Morgan fingerprint density at radius 1 is 1.24 bits per heavy atom. The van der Waals surface area contributed by atoms with Crippen LogP contribution in [0.4, 0.5) is 5.69 Å². The van der Waals surface area contributed by atoms with Crippen LogP contribution < -0.4 is 5.73 Å². The molecule has 2 N–H and O–H groups in total. The van der Waals surface area contributed by atoms with Gasteiger partial charge in [-0.05, 0) is 30.5 Å². The van der Waals surface area contributed by atoms with E-state index in [1.54, 1.807) is 0 Å². The van der Waals surface area contributed by atoms with Gasteiger partial charge in [-0.1, -0.05) is 19.1 Å². The Balaban J connectivity index is 2.40. The van der Waals surface area contributed by atoms with E-state index in [0.29, 0.717) is 18.5 Å². The lowest BCUT2D eigenvalue weighted by Crippen LogP contribution is -2.40. The fourth-order valence-corrected chi connectivity index (χ4v) is 2.61. The van der Waals surface area contributed by atoms with E-state index in [1.807, 2.05) is 31.2 Å². The van der Waals surface area contributed by atoms with Crippen LogP contribution in [0.3, 0.4) is 0 Å². The third-order valence-corrected chi connectivity index (χ3v) is 3.79. The summed E-state index contributed by atoms with van der Waals surface area (Å²) in [4.78, 5) is 23.5. The summed E-state index contributed by atoms with van der Waals surface area (Å²) < 4.78 is 0. The number of benzene rings is 1. The highest BCUT2D eigenvalue weighted by Crippen LogP contribution is 2.38. The van der Waals surface area contributed by atoms with Gasteiger partial charge >= 0.3 is 0 Å². The standard InChI is InChI=1S/C14H17NO2/c1-2-14(8-7-12(16)9-13(14)17)10-3-5-11(15)6-4-10/h3-6H,2,7-9,15H2,1H3. The normalized spacial score (nSPS) is 25.0. The Morgan fingerprint density at radius 2 is 1.88 bits per heavy atom. The summed E-state index contributed by atoms with van der Waals surface area (Å²) in [5, 5.41) is 0. The number of Topliss-reactive ketones (excluding diaryl/α,β-unsaturated/α-hetero) is 2. The zero-order valence-corrected chi connectivity index (χ0v) is 10.0. The number of hydrogen-bond acceptors (Lipinski definition) is 3. The maximum atomic E-state index is 12.2. The van der Waals surface area contributed by atoms with Gasteiger partial charge in [0.05, 0.1) is 11.8 Å². The van der Waals surface area contributed by atoms with Crippen molar-refractivity contribution in [2.75, 3.05) is 5.73 Å². The van der Waals surface area contributed by atoms with Gasteiger partial charge in [0, 0.05) is 12.1 Å². The van der Waals surface area contributed by atoms with Gasteiger partial charge in [-0.2, -0.15) is 0 Å². The van der Waals surface area contributed by atoms with Crippen LogP contribution in [-0.4, -0.2) is 11.6 Å². The molecule has 3 nitrogen and oxygen atoms in total. The highest BCUT2D eigenvalue weighted by Gasteiger charge is 2.42. The minimum Gasteiger partial charge on any atom is -0.399 e. The van der Waals surface area contributed by atoms with Gasteiger partial charge in [0.15, 0.2) is 5.78 Å². The van der Waals surface area contributed by atoms with E-state index in [2.05, 4.69) is 0 Å². The third kappa shape index (κ3) is 1.97. The van der Waals surface area contributed by atoms with Crippen molar-refractivity contribution in [2.24, 2.45) is 0 Å². The van der Waals surface area contributed by atoms with Crippen LogP contribution in [0, 0.1) is 0 Å². The fraction of sp³-hybridized carbons (Fsp3) is 0.429. The number of carbonyl (C=O) groups is 2. The summed E-state index contributed by atoms with van der Waals surface area (Å²) in [6.07, 6.45) is 1.95. The van der Waals surface area contributed by atoms with Crippen LogP contribution in [0.2, 0.25) is 0 Å². The molecule has 1 aromatic carbocycles. The minimum atomic E-state index is -0.471. The van der Waals surface area contributed by atoms with Gasteiger partial charge in [0.1, 0.15) is 5.78 Å². The first-order valence-electron chi connectivity index (χ1n) is 5.99. The molecule has 1 atom stereocenters. The zero-order valence-electron chi connectivity index (χ0n) is 10.0. The first-order chi connectivity index (χ1) is 8.08. The molecule has 1 saturated carbocycles. The first-order valence-corrected chi connectivity index (χ1v) is 5.99. The molecule has 1 aromatic rings. The molecule has 0 saturated heterocycles. The average Bonchev–Trinajstić information content (AvgIpc) is 2.31. The van der Waals surface area contributed by atoms with E-state index in [1.165, 1.54) is 0 Å². The second kappa shape index (κ2) is 4.32. The number of carbonyl (C=O) groups excluding carboxylic acids is 2. The Bertz CT molecular complexity index is 450. The molecule has 0 aliphatic heterocycles. The molecule has 1 aliphatic rings. The Labute approximate surface area is 101 Å². The molecule has 1 fully saturated rings. The molecular formula is C14H17NO2. The van der Waals surface area contributed by atoms with Gasteiger partial charge in [-0.25, -0.2) is 0 Å². The Hall–Kier alpha value is -1.64. The monoisotopic (exact) mass is 231 g/mol. The largest absolute Gasteiger partial charge is 0.399 e. The van der Waals surface area contributed by atoms with E-state index in [-0.39, 0.29) is 18.0 Å². The number of nitrogen functional groups attached to an aromatic ring is 1. The number of ketones is 2. The van der Waals surface area contributed by atoms with Gasteiger partial charge in [-0.15, -0.1) is 0 Å². The van der Waals surface area contributed by atoms with E-state index in [9.17, 15) is 9.59 Å². The molecule has 0 amide bonds. The van der Waals surface area contributed by atoms with Crippen molar-refractivity contribution in [3.63, 3.8) is 0 Å². The van der Waals surface area contributed by atoms with E-state index in [0.717, 1.165) is 12.0 Å². The van der Waals surface area contributed by atoms with Crippen molar-refractivity contribution in [3.05, 3.63) is 29.8 Å². The molecule has 0 aromatic heterocycles. The molecule has 0 spiro atoms. The van der Waals surface area contributed by atoms with Crippen molar-refractivity contribution in [1.82, 2.24) is 0 Å². The van der Waals surface area contributed by atoms with Gasteiger partial charge in [0.25, 0.3) is 0 Å². The van der Waals surface area contributed by atoms with E-state index >= 15 is 0 Å². The number of nitrogens with two attached hydrogens (primary N) is 1. The quantitative estimate of drug-likeness (QED) is 0.627. The van der Waals surface area contributed by atoms with Crippen LogP contribution in [0.5, 0.6) is 0 Å². The fourth-order valence-electron chi connectivity index (χ4n) is 2.61. The highest BCUT2D eigenvalue weighted by atomic mass is 16.2. The SMILES string of the molecule is CCC1(c2ccc(N)cc2)CCC(=O)CC1=O. The predicted octanol–water partition coefficient (Wildman–Crippen LogP) is 2.24. The molecule has 0 radical (unpaired) electrons. The summed E-state index contributed by atoms with van der Waals surface area (Å²) in [5.74, 6) is 0.121. The molecule has 17 heavy (non-hydrogen) atoms. The molecule has 90 valence electrons. The van der Waals surface area contributed by atoms with Crippen LogP contribution >= 0.6 is 0 Å². The van der Waals surface area contributed by atoms with E-state index in [4.69, 9.17) is 5.73 Å². The second-order valence-electron chi connectivity index (χ2n) is 4.70. The lowest BCUT2D eigenvalue weighted by atomic mass is 9.66. The van der Waals surface area contributed by atoms with Crippen LogP contribution in [0.1, 0.15) is 38.2 Å². The third-order valence-electron chi connectivity index (χ3n) is 3.79. The molecule has 2 rings (SSSR count). The summed E-state index contributed by atoms with van der Waals surface area (Å²) in [6.45, 7) is 2.00. The van der Waals surface area contributed by atoms with Gasteiger partial charge in [0.2, 0.25) is 0 Å². The number of rotatable bonds is 2. The topological polar surface area (TPSA) is 60.2 Å². The van der Waals surface area contributed by atoms with E-state index < -0.39 is 5.41 Å². The predicted molar refractivity (Wildman–Crippen MR) is 66.7 cm³/mol. The minimum absolute atomic E-state index is 0.0565. The molecule has 3 heteroatoms. The molecule has 1 aliphatic carbocycles. The van der Waals surface area contributed by atoms with Crippen molar-refractivity contribution in [3.8, 4) is 0 Å². The van der Waals surface area contributed by atoms with Crippen LogP contribution in [0.15, 0.2) is 24.3 Å². The molecule has 0 bridgehead atoms. The summed E-state index contributed by atoms with van der Waals surface area (Å²) >= 11 is 0. The second-order valence-corrected chi connectivity index (χ2v) is 4.70. The molecular weight excluding hydrogens is 214 g/mol. The Morgan fingerprint density at radius 3 is 2.41 bits per heavy atom. The summed E-state index contributed by atoms with van der Waals surface area (Å²) in [6, 6.07) is 7.45. The van der Waals surface area contributed by atoms with Crippen molar-refractivity contribution in [2.45, 2.75) is 38.0 Å². The molecule has 0 heterocycles. The van der Waals surface area contributed by atoms with Gasteiger partial charge < -0.3 is 5.73 Å². The smallest absolute Gasteiger partial charge is 0.150 e. The van der Waals surface area contributed by atoms with Crippen molar-refractivity contribution >= 4 is 17.3 Å². The summed E-state index contributed by atoms with van der Waals surface area (Å²) in [5.41, 5.74) is 6.87. The average molecular weight is 231 g/mol. The lowest BCUT2D eigenvalue weighted by molar-refractivity contribution is -0.134. The zero-order chi connectivity index (χ0) is 12.5. The summed E-state index contributed by atoms with van der Waals surface area (Å²) in [7, 11) is 0. The molecule has 1 unspecified atom stereocenters. The van der Waals surface area contributed by atoms with Crippen molar-refractivity contribution in [1.29, 1.82) is 0 Å². The first kappa shape index (κ1) is 11.8. The van der Waals surface area contributed by atoms with Crippen molar-refractivity contribution < 1.29 is 9.59 Å². The van der Waals surface area contributed by atoms with Crippen LogP contribution in [-0.2, 0) is 15.0 Å². The lowest BCUT2D eigenvalue weighted by Gasteiger charge is -2.34.